The van der Waals surface area contributed by atoms with E-state index in [4.69, 9.17) is 19.3 Å². The van der Waals surface area contributed by atoms with E-state index in [9.17, 15) is 16.8 Å². The van der Waals surface area contributed by atoms with Gasteiger partial charge in [-0.05, 0) is 6.07 Å². The first-order valence-electron chi connectivity index (χ1n) is 7.76. The van der Waals surface area contributed by atoms with Crippen LogP contribution in [0.5, 0.6) is 0 Å². The van der Waals surface area contributed by atoms with E-state index >= 15 is 0 Å². The van der Waals surface area contributed by atoms with Crippen molar-refractivity contribution in [3.8, 4) is 0 Å². The Labute approximate surface area is 157 Å². The van der Waals surface area contributed by atoms with Gasteiger partial charge in [-0.2, -0.15) is 0 Å². The zero-order valence-corrected chi connectivity index (χ0v) is 16.8. The Hall–Kier alpha value is -0.640. The lowest BCUT2D eigenvalue weighted by molar-refractivity contribution is -0.0395. The SMILES string of the molecule is COCOCc1cc(S(N)(=O)=O)sc1S(=O)(=O)NCCN1CCOCC1. The number of methoxy groups -OCH3 is 1. The standard InChI is InChI=1S/C13H23N3O7S3/c1-21-10-23-9-11-8-12(25(14,17)18)24-13(11)26(19,20)15-2-3-16-4-6-22-7-5-16/h8,15H,2-7,9-10H2,1H3,(H2,14,17,18). The minimum atomic E-state index is -4.02. The molecule has 1 saturated heterocycles. The first-order valence-corrected chi connectivity index (χ1v) is 11.6. The number of thiophene rings is 1. The monoisotopic (exact) mass is 429 g/mol. The van der Waals surface area contributed by atoms with E-state index in [1.54, 1.807) is 0 Å². The molecule has 150 valence electrons. The van der Waals surface area contributed by atoms with Gasteiger partial charge >= 0.3 is 0 Å². The third-order valence-corrected chi connectivity index (χ3v) is 8.19. The van der Waals surface area contributed by atoms with Crippen molar-refractivity contribution in [1.29, 1.82) is 0 Å². The third-order valence-electron chi connectivity index (χ3n) is 3.55. The van der Waals surface area contributed by atoms with Crippen LogP contribution in [-0.2, 0) is 40.9 Å². The van der Waals surface area contributed by atoms with Crippen molar-refractivity contribution >= 4 is 31.4 Å². The molecule has 1 aromatic heterocycles. The highest BCUT2D eigenvalue weighted by Crippen LogP contribution is 2.30. The Morgan fingerprint density at radius 2 is 2.00 bits per heavy atom. The molecule has 2 rings (SSSR count). The zero-order chi connectivity index (χ0) is 19.2. The van der Waals surface area contributed by atoms with E-state index in [1.165, 1.54) is 13.2 Å². The summed E-state index contributed by atoms with van der Waals surface area (Å²) in [6, 6.07) is 1.21. The molecule has 26 heavy (non-hydrogen) atoms. The molecule has 0 radical (unpaired) electrons. The Morgan fingerprint density at radius 1 is 1.31 bits per heavy atom. The Bertz CT molecular complexity index is 786. The van der Waals surface area contributed by atoms with Crippen LogP contribution in [0.3, 0.4) is 0 Å². The lowest BCUT2D eigenvalue weighted by atomic mass is 10.4. The molecule has 0 aliphatic carbocycles. The molecule has 3 N–H and O–H groups in total. The van der Waals surface area contributed by atoms with Crippen molar-refractivity contribution in [1.82, 2.24) is 9.62 Å². The zero-order valence-electron chi connectivity index (χ0n) is 14.3. The first kappa shape index (κ1) is 21.7. The van der Waals surface area contributed by atoms with Crippen LogP contribution in [-0.4, -0.2) is 75.0 Å². The lowest BCUT2D eigenvalue weighted by Crippen LogP contribution is -2.41. The van der Waals surface area contributed by atoms with Crippen molar-refractivity contribution < 1.29 is 31.0 Å². The summed E-state index contributed by atoms with van der Waals surface area (Å²) >= 11 is 0.600. The Balaban J connectivity index is 2.10. The molecule has 0 unspecified atom stereocenters. The summed E-state index contributed by atoms with van der Waals surface area (Å²) in [6.07, 6.45) is 0. The highest BCUT2D eigenvalue weighted by atomic mass is 32.3. The van der Waals surface area contributed by atoms with Gasteiger partial charge in [0.15, 0.2) is 0 Å². The second kappa shape index (κ2) is 9.52. The molecule has 0 aromatic carbocycles. The number of sulfonamides is 2. The molecule has 0 amide bonds. The van der Waals surface area contributed by atoms with Crippen molar-refractivity contribution in [2.45, 2.75) is 15.0 Å². The van der Waals surface area contributed by atoms with Crippen molar-refractivity contribution in [2.24, 2.45) is 5.14 Å². The first-order chi connectivity index (χ1) is 12.2. The fourth-order valence-electron chi connectivity index (χ4n) is 2.32. The largest absolute Gasteiger partial charge is 0.379 e. The predicted octanol–water partition coefficient (Wildman–Crippen LogP) is -0.873. The van der Waals surface area contributed by atoms with Gasteiger partial charge in [0.2, 0.25) is 10.0 Å². The third kappa shape index (κ3) is 6.21. The number of hydrogen-bond donors (Lipinski definition) is 2. The summed E-state index contributed by atoms with van der Waals surface area (Å²) in [5.41, 5.74) is 0.218. The average Bonchev–Trinajstić information content (AvgIpc) is 3.01. The van der Waals surface area contributed by atoms with Crippen LogP contribution in [0.1, 0.15) is 5.56 Å². The molecule has 13 heteroatoms. The second-order valence-electron chi connectivity index (χ2n) is 5.53. The number of rotatable bonds is 10. The lowest BCUT2D eigenvalue weighted by Gasteiger charge is -2.26. The number of nitrogens with one attached hydrogen (secondary N) is 1. The Morgan fingerprint density at radius 3 is 2.62 bits per heavy atom. The van der Waals surface area contributed by atoms with Crippen molar-refractivity contribution in [3.63, 3.8) is 0 Å². The average molecular weight is 430 g/mol. The van der Waals surface area contributed by atoms with Gasteiger partial charge in [-0.3, -0.25) is 4.90 Å². The van der Waals surface area contributed by atoms with Gasteiger partial charge in [0.05, 0.1) is 19.8 Å². The van der Waals surface area contributed by atoms with Gasteiger partial charge in [-0.1, -0.05) is 0 Å². The normalized spacial score (nSPS) is 16.8. The van der Waals surface area contributed by atoms with E-state index in [-0.39, 0.29) is 33.9 Å². The quantitative estimate of drug-likeness (QED) is 0.362. The van der Waals surface area contributed by atoms with Crippen LogP contribution in [0, 0.1) is 0 Å². The molecule has 1 aliphatic heterocycles. The van der Waals surface area contributed by atoms with Crippen LogP contribution >= 0.6 is 11.3 Å². The maximum Gasteiger partial charge on any atom is 0.250 e. The van der Waals surface area contributed by atoms with Gasteiger partial charge in [-0.15, -0.1) is 11.3 Å². The molecule has 1 fully saturated rings. The van der Waals surface area contributed by atoms with Crippen LogP contribution in [0.25, 0.3) is 0 Å². The Kier molecular flexibility index (Phi) is 7.93. The minimum Gasteiger partial charge on any atom is -0.379 e. The second-order valence-corrected chi connectivity index (χ2v) is 10.3. The van der Waals surface area contributed by atoms with Crippen LogP contribution in [0.2, 0.25) is 0 Å². The predicted molar refractivity (Wildman–Crippen MR) is 94.8 cm³/mol. The fourth-order valence-corrected chi connectivity index (χ4v) is 5.97. The summed E-state index contributed by atoms with van der Waals surface area (Å²) in [7, 11) is -6.49. The highest BCUT2D eigenvalue weighted by molar-refractivity contribution is 7.94. The topological polar surface area (TPSA) is 137 Å². The van der Waals surface area contributed by atoms with E-state index in [0.717, 1.165) is 13.1 Å². The smallest absolute Gasteiger partial charge is 0.250 e. The molecule has 0 atom stereocenters. The molecular formula is C13H23N3O7S3. The number of morpholine rings is 1. The molecule has 1 aliphatic rings. The van der Waals surface area contributed by atoms with Gasteiger partial charge < -0.3 is 14.2 Å². The number of nitrogens with zero attached hydrogens (tertiary/aromatic N) is 1. The molecule has 0 bridgehead atoms. The molecule has 0 saturated carbocycles. The van der Waals surface area contributed by atoms with Gasteiger partial charge in [-0.25, -0.2) is 26.7 Å². The van der Waals surface area contributed by atoms with E-state index in [1.807, 2.05) is 0 Å². The van der Waals surface area contributed by atoms with E-state index < -0.39 is 20.0 Å². The molecule has 1 aromatic rings. The van der Waals surface area contributed by atoms with Crippen LogP contribution in [0.15, 0.2) is 14.5 Å². The number of ether oxygens (including phenoxy) is 3. The number of hydrogen-bond acceptors (Lipinski definition) is 9. The number of primary sulfonamides is 1. The summed E-state index contributed by atoms with van der Waals surface area (Å²) in [4.78, 5) is 2.08. The summed E-state index contributed by atoms with van der Waals surface area (Å²) in [6.45, 7) is 3.30. The van der Waals surface area contributed by atoms with Gasteiger partial charge in [0.1, 0.15) is 15.2 Å². The highest BCUT2D eigenvalue weighted by Gasteiger charge is 2.26. The van der Waals surface area contributed by atoms with Crippen LogP contribution < -0.4 is 9.86 Å². The molecule has 2 heterocycles. The summed E-state index contributed by atoms with van der Waals surface area (Å²) < 4.78 is 65.6. The van der Waals surface area contributed by atoms with Crippen LogP contribution in [0.4, 0.5) is 0 Å². The molecular weight excluding hydrogens is 406 g/mol. The summed E-state index contributed by atoms with van der Waals surface area (Å²) in [5.74, 6) is 0. The number of nitrogens with two attached hydrogens (primary N) is 1. The fraction of sp³-hybridized carbons (Fsp3) is 0.692. The summed E-state index contributed by atoms with van der Waals surface area (Å²) in [5, 5.41) is 5.12. The van der Waals surface area contributed by atoms with Gasteiger partial charge in [0.25, 0.3) is 10.0 Å². The van der Waals surface area contributed by atoms with E-state index in [2.05, 4.69) is 9.62 Å². The van der Waals surface area contributed by atoms with Gasteiger partial charge in [0, 0.05) is 38.9 Å². The maximum atomic E-state index is 12.6. The maximum absolute atomic E-state index is 12.6. The molecule has 10 nitrogen and oxygen atoms in total. The van der Waals surface area contributed by atoms with Crippen molar-refractivity contribution in [3.05, 3.63) is 11.6 Å². The molecule has 0 spiro atoms. The van der Waals surface area contributed by atoms with Crippen molar-refractivity contribution in [2.75, 3.05) is 53.3 Å². The van der Waals surface area contributed by atoms with E-state index in [0.29, 0.717) is 31.1 Å². The minimum absolute atomic E-state index is 0.0511.